The highest BCUT2D eigenvalue weighted by molar-refractivity contribution is 7.91. The lowest BCUT2D eigenvalue weighted by Gasteiger charge is -2.28. The van der Waals surface area contributed by atoms with Crippen molar-refractivity contribution in [3.05, 3.63) is 40.8 Å². The van der Waals surface area contributed by atoms with Crippen molar-refractivity contribution < 1.29 is 22.7 Å². The lowest BCUT2D eigenvalue weighted by molar-refractivity contribution is 0.0954. The zero-order valence-electron chi connectivity index (χ0n) is 16.8. The zero-order valence-corrected chi connectivity index (χ0v) is 18.4. The van der Waals surface area contributed by atoms with Gasteiger partial charge in [-0.25, -0.2) is 8.42 Å². The van der Waals surface area contributed by atoms with Crippen LogP contribution in [0.4, 0.5) is 0 Å². The van der Waals surface area contributed by atoms with Gasteiger partial charge in [0.2, 0.25) is 0 Å². The second-order valence-corrected chi connectivity index (χ2v) is 10.3. The van der Waals surface area contributed by atoms with Gasteiger partial charge in [0.25, 0.3) is 15.9 Å². The molecule has 0 unspecified atom stereocenters. The number of nitrogens with zero attached hydrogens (tertiary/aromatic N) is 1. The third-order valence-electron chi connectivity index (χ3n) is 5.07. The zero-order chi connectivity index (χ0) is 21.0. The first-order valence-electron chi connectivity index (χ1n) is 9.44. The van der Waals surface area contributed by atoms with E-state index in [-0.39, 0.29) is 16.7 Å². The summed E-state index contributed by atoms with van der Waals surface area (Å²) in [5.74, 6) is 1.52. The molecule has 0 atom stereocenters. The standard InChI is InChI=1S/C20H26N2O5S2/c1-14-8-10-22(11-9-14)29(24,25)19-7-6-18(28-19)20(23)21-13-15-12-16(26-2)4-5-17(15)27-3/h4-7,12,14H,8-11,13H2,1-3H3,(H,21,23). The van der Waals surface area contributed by atoms with Gasteiger partial charge in [-0.1, -0.05) is 6.92 Å². The predicted molar refractivity (Wildman–Crippen MR) is 112 cm³/mol. The SMILES string of the molecule is COc1ccc(OC)c(CNC(=O)c2ccc(S(=O)(=O)N3CCC(C)CC3)s2)c1. The Bertz CT molecular complexity index is 963. The topological polar surface area (TPSA) is 84.9 Å². The number of thiophene rings is 1. The Morgan fingerprint density at radius 3 is 2.55 bits per heavy atom. The van der Waals surface area contributed by atoms with Gasteiger partial charge in [-0.05, 0) is 49.1 Å². The first kappa shape index (κ1) is 21.6. The second kappa shape index (κ2) is 9.15. The molecule has 0 spiro atoms. The number of rotatable bonds is 7. The third kappa shape index (κ3) is 4.91. The van der Waals surface area contributed by atoms with Crippen molar-refractivity contribution in [2.24, 2.45) is 5.92 Å². The molecular weight excluding hydrogens is 412 g/mol. The summed E-state index contributed by atoms with van der Waals surface area (Å²) in [5.41, 5.74) is 0.770. The molecule has 158 valence electrons. The fourth-order valence-corrected chi connectivity index (χ4v) is 6.06. The molecule has 3 rings (SSSR count). The van der Waals surface area contributed by atoms with Gasteiger partial charge >= 0.3 is 0 Å². The number of sulfonamides is 1. The van der Waals surface area contributed by atoms with Crippen LogP contribution < -0.4 is 14.8 Å². The second-order valence-electron chi connectivity index (χ2n) is 7.07. The third-order valence-corrected chi connectivity index (χ3v) is 8.52. The van der Waals surface area contributed by atoms with Crippen LogP contribution in [0.2, 0.25) is 0 Å². The van der Waals surface area contributed by atoms with E-state index in [1.165, 1.54) is 10.4 Å². The minimum Gasteiger partial charge on any atom is -0.497 e. The molecule has 9 heteroatoms. The first-order chi connectivity index (χ1) is 13.8. The maximum absolute atomic E-state index is 12.8. The molecule has 0 saturated carbocycles. The van der Waals surface area contributed by atoms with E-state index in [1.807, 2.05) is 0 Å². The molecule has 1 aliphatic heterocycles. The number of nitrogens with one attached hydrogen (secondary N) is 1. The summed E-state index contributed by atoms with van der Waals surface area (Å²) < 4.78 is 37.9. The molecule has 1 N–H and O–H groups in total. The van der Waals surface area contributed by atoms with Crippen molar-refractivity contribution in [1.82, 2.24) is 9.62 Å². The van der Waals surface area contributed by atoms with Crippen molar-refractivity contribution in [1.29, 1.82) is 0 Å². The number of amides is 1. The van der Waals surface area contributed by atoms with E-state index in [0.29, 0.717) is 35.4 Å². The van der Waals surface area contributed by atoms with Crippen LogP contribution in [0.5, 0.6) is 11.5 Å². The van der Waals surface area contributed by atoms with Gasteiger partial charge in [0.15, 0.2) is 0 Å². The smallest absolute Gasteiger partial charge is 0.261 e. The average molecular weight is 439 g/mol. The molecule has 1 aliphatic rings. The number of piperidine rings is 1. The molecule has 7 nitrogen and oxygen atoms in total. The Labute approximate surface area is 175 Å². The van der Waals surface area contributed by atoms with Crippen molar-refractivity contribution in [3.63, 3.8) is 0 Å². The first-order valence-corrected chi connectivity index (χ1v) is 11.7. The monoisotopic (exact) mass is 438 g/mol. The lowest BCUT2D eigenvalue weighted by atomic mass is 10.0. The van der Waals surface area contributed by atoms with Crippen LogP contribution in [0.3, 0.4) is 0 Å². The molecule has 29 heavy (non-hydrogen) atoms. The quantitative estimate of drug-likeness (QED) is 0.718. The van der Waals surface area contributed by atoms with Gasteiger partial charge in [0.05, 0.1) is 19.1 Å². The van der Waals surface area contributed by atoms with Gasteiger partial charge in [0.1, 0.15) is 15.7 Å². The van der Waals surface area contributed by atoms with Gasteiger partial charge in [-0.3, -0.25) is 4.79 Å². The van der Waals surface area contributed by atoms with E-state index in [9.17, 15) is 13.2 Å². The van der Waals surface area contributed by atoms with Crippen molar-refractivity contribution >= 4 is 27.3 Å². The Balaban J connectivity index is 1.68. The number of carbonyl (C=O) groups is 1. The predicted octanol–water partition coefficient (Wildman–Crippen LogP) is 3.12. The van der Waals surface area contributed by atoms with Crippen LogP contribution in [0.25, 0.3) is 0 Å². The summed E-state index contributed by atoms with van der Waals surface area (Å²) in [6.45, 7) is 3.43. The number of hydrogen-bond acceptors (Lipinski definition) is 6. The molecule has 1 aromatic carbocycles. The summed E-state index contributed by atoms with van der Waals surface area (Å²) in [5, 5.41) is 2.82. The molecule has 2 aromatic rings. The summed E-state index contributed by atoms with van der Waals surface area (Å²) in [7, 11) is -0.419. The Morgan fingerprint density at radius 1 is 1.17 bits per heavy atom. The van der Waals surface area contributed by atoms with Gasteiger partial charge in [-0.15, -0.1) is 11.3 Å². The van der Waals surface area contributed by atoms with E-state index >= 15 is 0 Å². The molecule has 0 bridgehead atoms. The lowest BCUT2D eigenvalue weighted by Crippen LogP contribution is -2.37. The van der Waals surface area contributed by atoms with E-state index in [4.69, 9.17) is 9.47 Å². The Hall–Kier alpha value is -2.10. The van der Waals surface area contributed by atoms with Crippen LogP contribution in [0.1, 0.15) is 35.0 Å². The highest BCUT2D eigenvalue weighted by atomic mass is 32.2. The number of ether oxygens (including phenoxy) is 2. The molecule has 1 fully saturated rings. The van der Waals surface area contributed by atoms with Crippen molar-refractivity contribution in [2.45, 2.75) is 30.5 Å². The highest BCUT2D eigenvalue weighted by Gasteiger charge is 2.29. The Kier molecular flexibility index (Phi) is 6.81. The molecule has 1 saturated heterocycles. The fourth-order valence-electron chi connectivity index (χ4n) is 3.22. The van der Waals surface area contributed by atoms with Crippen LogP contribution >= 0.6 is 11.3 Å². The number of carbonyl (C=O) groups excluding carboxylic acids is 1. The minimum atomic E-state index is -3.55. The molecule has 0 aliphatic carbocycles. The molecule has 1 aromatic heterocycles. The normalized spacial score (nSPS) is 15.8. The maximum atomic E-state index is 12.8. The average Bonchev–Trinajstić information content (AvgIpc) is 3.23. The van der Waals surface area contributed by atoms with Gasteiger partial charge < -0.3 is 14.8 Å². The highest BCUT2D eigenvalue weighted by Crippen LogP contribution is 2.29. The van der Waals surface area contributed by atoms with E-state index in [0.717, 1.165) is 29.7 Å². The summed E-state index contributed by atoms with van der Waals surface area (Å²) >= 11 is 0.998. The maximum Gasteiger partial charge on any atom is 0.261 e. The van der Waals surface area contributed by atoms with E-state index in [2.05, 4.69) is 12.2 Å². The van der Waals surface area contributed by atoms with Crippen LogP contribution in [-0.4, -0.2) is 45.9 Å². The molecule has 0 radical (unpaired) electrons. The largest absolute Gasteiger partial charge is 0.497 e. The van der Waals surface area contributed by atoms with Crippen LogP contribution in [-0.2, 0) is 16.6 Å². The molecule has 2 heterocycles. The summed E-state index contributed by atoms with van der Waals surface area (Å²) in [6, 6.07) is 8.42. The minimum absolute atomic E-state index is 0.205. The van der Waals surface area contributed by atoms with Crippen molar-refractivity contribution in [3.8, 4) is 11.5 Å². The Morgan fingerprint density at radius 2 is 1.90 bits per heavy atom. The van der Waals surface area contributed by atoms with Crippen LogP contribution in [0, 0.1) is 5.92 Å². The fraction of sp³-hybridized carbons (Fsp3) is 0.450. The summed E-state index contributed by atoms with van der Waals surface area (Å²) in [4.78, 5) is 12.9. The van der Waals surface area contributed by atoms with Crippen molar-refractivity contribution in [2.75, 3.05) is 27.3 Å². The van der Waals surface area contributed by atoms with E-state index in [1.54, 1.807) is 38.5 Å². The van der Waals surface area contributed by atoms with Gasteiger partial charge in [-0.2, -0.15) is 4.31 Å². The molecular formula is C20H26N2O5S2. The van der Waals surface area contributed by atoms with E-state index < -0.39 is 10.0 Å². The number of hydrogen-bond donors (Lipinski definition) is 1. The van der Waals surface area contributed by atoms with Crippen LogP contribution in [0.15, 0.2) is 34.5 Å². The van der Waals surface area contributed by atoms with Gasteiger partial charge in [0, 0.05) is 25.2 Å². The summed E-state index contributed by atoms with van der Waals surface area (Å²) in [6.07, 6.45) is 1.72. The number of benzene rings is 1. The number of methoxy groups -OCH3 is 2. The molecule has 1 amide bonds.